The Bertz CT molecular complexity index is 464. The second kappa shape index (κ2) is 5.61. The molecule has 0 spiro atoms. The molecule has 0 unspecified atom stereocenters. The number of nitrogens with zero attached hydrogens (tertiary/aromatic N) is 3. The van der Waals surface area contributed by atoms with Gasteiger partial charge in [-0.3, -0.25) is 5.43 Å². The fourth-order valence-corrected chi connectivity index (χ4v) is 1.13. The van der Waals surface area contributed by atoms with Crippen LogP contribution in [-0.2, 0) is 0 Å². The average Bonchev–Trinajstić information content (AvgIpc) is 2.25. The molecule has 0 aromatic carbocycles. The monoisotopic (exact) mass is 258 g/mol. The van der Waals surface area contributed by atoms with Crippen LogP contribution in [0.2, 0.25) is 0 Å². The van der Waals surface area contributed by atoms with Crippen molar-refractivity contribution in [3.8, 4) is 0 Å². The molecule has 0 saturated carbocycles. The maximum Gasteiger partial charge on any atom is 0.416 e. The normalized spacial score (nSPS) is 26.6. The minimum Gasteiger partial charge on any atom is -0.281 e. The Labute approximate surface area is 103 Å². The predicted molar refractivity (Wildman–Crippen MR) is 65.7 cm³/mol. The number of hydrazone groups is 1. The molecule has 98 valence electrons. The molecule has 0 saturated heterocycles. The molecule has 0 atom stereocenters. The molecule has 7 heteroatoms. The third-order valence-electron chi connectivity index (χ3n) is 1.96. The molecule has 0 aromatic heterocycles. The van der Waals surface area contributed by atoms with Gasteiger partial charge in [-0.1, -0.05) is 0 Å². The highest BCUT2D eigenvalue weighted by atomic mass is 19.4. The lowest BCUT2D eigenvalue weighted by atomic mass is 10.1. The van der Waals surface area contributed by atoms with Crippen molar-refractivity contribution in [3.05, 3.63) is 23.4 Å². The van der Waals surface area contributed by atoms with E-state index in [2.05, 4.69) is 20.5 Å². The molecule has 0 bridgehead atoms. The molecule has 1 rings (SSSR count). The first-order chi connectivity index (χ1) is 8.29. The van der Waals surface area contributed by atoms with Crippen molar-refractivity contribution in [1.82, 2.24) is 5.43 Å². The van der Waals surface area contributed by atoms with Crippen molar-refractivity contribution in [3.63, 3.8) is 0 Å². The van der Waals surface area contributed by atoms with Crippen LogP contribution in [0, 0.1) is 0 Å². The Morgan fingerprint density at radius 1 is 1.11 bits per heavy atom. The summed E-state index contributed by atoms with van der Waals surface area (Å²) < 4.78 is 38.2. The van der Waals surface area contributed by atoms with Crippen LogP contribution in [0.1, 0.15) is 20.8 Å². The molecular weight excluding hydrogens is 245 g/mol. The summed E-state index contributed by atoms with van der Waals surface area (Å²) in [7, 11) is 0. The first-order valence-corrected chi connectivity index (χ1v) is 5.13. The summed E-state index contributed by atoms with van der Waals surface area (Å²) in [5.74, 6) is 0.370. The van der Waals surface area contributed by atoms with Gasteiger partial charge in [-0.15, -0.1) is 0 Å². The molecule has 1 N–H and O–H groups in total. The van der Waals surface area contributed by atoms with E-state index in [1.165, 1.54) is 20.2 Å². The maximum absolute atomic E-state index is 12.7. The van der Waals surface area contributed by atoms with Crippen molar-refractivity contribution in [2.75, 3.05) is 0 Å². The van der Waals surface area contributed by atoms with Crippen molar-refractivity contribution in [2.45, 2.75) is 26.9 Å². The average molecular weight is 258 g/mol. The molecule has 18 heavy (non-hydrogen) atoms. The summed E-state index contributed by atoms with van der Waals surface area (Å²) in [5.41, 5.74) is 2.18. The molecule has 1 aliphatic rings. The maximum atomic E-state index is 12.7. The van der Waals surface area contributed by atoms with Gasteiger partial charge in [0, 0.05) is 11.4 Å². The summed E-state index contributed by atoms with van der Waals surface area (Å²) >= 11 is 0. The molecule has 0 radical (unpaired) electrons. The molecule has 0 amide bonds. The number of rotatable bonds is 0. The van der Waals surface area contributed by atoms with E-state index >= 15 is 0 Å². The summed E-state index contributed by atoms with van der Waals surface area (Å²) in [6, 6.07) is 0. The van der Waals surface area contributed by atoms with E-state index in [1.54, 1.807) is 6.92 Å². The summed E-state index contributed by atoms with van der Waals surface area (Å²) in [6.45, 7) is 4.57. The lowest BCUT2D eigenvalue weighted by Crippen LogP contribution is -2.14. The lowest BCUT2D eigenvalue weighted by Gasteiger charge is -2.09. The van der Waals surface area contributed by atoms with Gasteiger partial charge in [0.25, 0.3) is 0 Å². The number of alkyl halides is 3. The number of hydrogen-bond acceptors (Lipinski definition) is 4. The summed E-state index contributed by atoms with van der Waals surface area (Å²) in [4.78, 5) is 7.61. The summed E-state index contributed by atoms with van der Waals surface area (Å²) in [5, 5.41) is 3.79. The smallest absolute Gasteiger partial charge is 0.281 e. The molecule has 1 aliphatic heterocycles. The predicted octanol–water partition coefficient (Wildman–Crippen LogP) is 2.80. The molecule has 0 aromatic rings. The number of allylic oxidation sites excluding steroid dienone is 4. The molecule has 1 heterocycles. The number of amidine groups is 1. The van der Waals surface area contributed by atoms with Crippen LogP contribution in [0.25, 0.3) is 0 Å². The minimum atomic E-state index is -4.44. The summed E-state index contributed by atoms with van der Waals surface area (Å²) in [6.07, 6.45) is -1.34. The van der Waals surface area contributed by atoms with E-state index in [0.717, 1.165) is 12.2 Å². The highest BCUT2D eigenvalue weighted by molar-refractivity contribution is 6.00. The first-order valence-electron chi connectivity index (χ1n) is 5.13. The molecule has 0 aliphatic carbocycles. The van der Waals surface area contributed by atoms with Gasteiger partial charge >= 0.3 is 6.18 Å². The van der Waals surface area contributed by atoms with Crippen LogP contribution in [-0.4, -0.2) is 24.1 Å². The van der Waals surface area contributed by atoms with Crippen LogP contribution in [0.3, 0.4) is 0 Å². The third-order valence-corrected chi connectivity index (χ3v) is 1.96. The van der Waals surface area contributed by atoms with Crippen molar-refractivity contribution in [1.29, 1.82) is 0 Å². The van der Waals surface area contributed by atoms with Crippen molar-refractivity contribution >= 4 is 17.9 Å². The Morgan fingerprint density at radius 3 is 2.39 bits per heavy atom. The van der Waals surface area contributed by atoms with E-state index in [4.69, 9.17) is 0 Å². The van der Waals surface area contributed by atoms with Gasteiger partial charge in [0.15, 0.2) is 0 Å². The first kappa shape index (κ1) is 14.1. The third kappa shape index (κ3) is 4.52. The lowest BCUT2D eigenvalue weighted by molar-refractivity contribution is -0.0881. The Hall–Kier alpha value is -1.92. The molecule has 0 fully saturated rings. The van der Waals surface area contributed by atoms with Gasteiger partial charge in [0.1, 0.15) is 12.2 Å². The number of aliphatic imine (C=N–C) groups is 2. The van der Waals surface area contributed by atoms with Gasteiger partial charge in [-0.2, -0.15) is 18.3 Å². The van der Waals surface area contributed by atoms with Crippen LogP contribution >= 0.6 is 0 Å². The fourth-order valence-electron chi connectivity index (χ4n) is 1.13. The second-order valence-electron chi connectivity index (χ2n) is 3.71. The molecular formula is C11H13F3N4. The van der Waals surface area contributed by atoms with Crippen LogP contribution in [0.4, 0.5) is 13.2 Å². The number of hydrogen-bond donors (Lipinski definition) is 1. The van der Waals surface area contributed by atoms with Gasteiger partial charge in [0.05, 0.1) is 5.57 Å². The Morgan fingerprint density at radius 2 is 1.78 bits per heavy atom. The van der Waals surface area contributed by atoms with Crippen LogP contribution < -0.4 is 5.43 Å². The number of nitrogens with one attached hydrogen (secondary N) is 1. The fraction of sp³-hybridized carbons (Fsp3) is 0.364. The van der Waals surface area contributed by atoms with E-state index in [0.29, 0.717) is 5.84 Å². The highest BCUT2D eigenvalue weighted by Crippen LogP contribution is 2.27. The second-order valence-corrected chi connectivity index (χ2v) is 3.71. The van der Waals surface area contributed by atoms with E-state index in [9.17, 15) is 13.2 Å². The van der Waals surface area contributed by atoms with Gasteiger partial charge in [-0.05, 0) is 32.9 Å². The van der Waals surface area contributed by atoms with Gasteiger partial charge in [0.2, 0.25) is 0 Å². The highest BCUT2D eigenvalue weighted by Gasteiger charge is 2.32. The van der Waals surface area contributed by atoms with Crippen LogP contribution in [0.15, 0.2) is 38.5 Å². The van der Waals surface area contributed by atoms with Crippen LogP contribution in [0.5, 0.6) is 0 Å². The zero-order chi connectivity index (χ0) is 13.8. The number of halogens is 3. The van der Waals surface area contributed by atoms with Crippen molar-refractivity contribution < 1.29 is 13.2 Å². The SMILES string of the molecule is CC1=NC=N/C(C)=N/N/C(C)=C/C(C(F)(F)F)=C\1. The zero-order valence-electron chi connectivity index (χ0n) is 10.2. The van der Waals surface area contributed by atoms with Gasteiger partial charge in [-0.25, -0.2) is 9.98 Å². The minimum absolute atomic E-state index is 0.213. The quantitative estimate of drug-likeness (QED) is 0.713. The largest absolute Gasteiger partial charge is 0.416 e. The topological polar surface area (TPSA) is 49.1 Å². The van der Waals surface area contributed by atoms with Gasteiger partial charge < -0.3 is 0 Å². The van der Waals surface area contributed by atoms with E-state index < -0.39 is 11.7 Å². The standard InChI is InChI=1S/C11H13F3N4/c1-7-4-10(11(12,13)14)5-8(2)17-18-9(3)16-6-15-7/h4-6,17H,1-3H3/b8-5+,10-4+,15-7?,16-6?,18-9+. The Kier molecular flexibility index (Phi) is 4.41. The zero-order valence-corrected chi connectivity index (χ0v) is 10.2. The van der Waals surface area contributed by atoms with Crippen molar-refractivity contribution in [2.24, 2.45) is 15.1 Å². The molecule has 4 nitrogen and oxygen atoms in total. The van der Waals surface area contributed by atoms with E-state index in [1.807, 2.05) is 0 Å². The Balaban J connectivity index is 3.25. The van der Waals surface area contributed by atoms with E-state index in [-0.39, 0.29) is 11.4 Å².